The highest BCUT2D eigenvalue weighted by molar-refractivity contribution is 5.92. The summed E-state index contributed by atoms with van der Waals surface area (Å²) in [6.07, 6.45) is -4.60. The van der Waals surface area contributed by atoms with E-state index in [1.165, 1.54) is 5.56 Å². The Morgan fingerprint density at radius 1 is 1.08 bits per heavy atom. The van der Waals surface area contributed by atoms with Crippen molar-refractivity contribution in [2.45, 2.75) is 18.9 Å². The van der Waals surface area contributed by atoms with Gasteiger partial charge in [0.15, 0.2) is 0 Å². The number of halogens is 6. The molecule has 0 bridgehead atoms. The number of fused-ring (bicyclic) bond motifs is 1. The average molecular weight is 568 g/mol. The molecule has 0 saturated carbocycles. The Labute approximate surface area is 218 Å². The van der Waals surface area contributed by atoms with Crippen LogP contribution >= 0.6 is 0 Å². The van der Waals surface area contributed by atoms with Gasteiger partial charge in [-0.15, -0.1) is 0 Å². The highest BCUT2D eigenvalue weighted by Crippen LogP contribution is 2.41. The van der Waals surface area contributed by atoms with Crippen LogP contribution in [0.15, 0.2) is 42.9 Å². The van der Waals surface area contributed by atoms with Crippen LogP contribution < -0.4 is 5.32 Å². The molecule has 0 radical (unpaired) electrons. The van der Waals surface area contributed by atoms with E-state index in [-0.39, 0.29) is 11.3 Å². The first-order valence-corrected chi connectivity index (χ1v) is 11.2. The number of aryl methyl sites for hydroxylation is 1. The zero-order chi connectivity index (χ0) is 29.4. The number of hydrogen-bond acceptors (Lipinski definition) is 6. The second-order valence-electron chi connectivity index (χ2n) is 8.89. The number of carboxylic acids is 2. The molecule has 0 aliphatic carbocycles. The van der Waals surface area contributed by atoms with Crippen LogP contribution in [0.25, 0.3) is 0 Å². The number of nitrogens with zero attached hydrogens (tertiary/aromatic N) is 3. The van der Waals surface area contributed by atoms with E-state index in [9.17, 15) is 31.1 Å². The van der Waals surface area contributed by atoms with Gasteiger partial charge in [-0.3, -0.25) is 14.7 Å². The fourth-order valence-electron chi connectivity index (χ4n) is 4.10. The van der Waals surface area contributed by atoms with Gasteiger partial charge in [0.1, 0.15) is 5.69 Å². The molecule has 2 fully saturated rings. The number of hydrogen-bond donors (Lipinski definition) is 3. The average Bonchev–Trinajstić information content (AvgIpc) is 3.52. The molecule has 39 heavy (non-hydrogen) atoms. The number of pyridine rings is 1. The van der Waals surface area contributed by atoms with Gasteiger partial charge >= 0.3 is 24.3 Å². The predicted octanol–water partition coefficient (Wildman–Crippen LogP) is 2.57. The molecule has 0 aromatic carbocycles. The number of ether oxygens (including phenoxy) is 1. The van der Waals surface area contributed by atoms with E-state index >= 15 is 0 Å². The van der Waals surface area contributed by atoms with Gasteiger partial charge in [0, 0.05) is 63.2 Å². The quantitative estimate of drug-likeness (QED) is 0.469. The van der Waals surface area contributed by atoms with Crippen molar-refractivity contribution in [1.29, 1.82) is 0 Å². The molecular formula is C23H26F6N4O6. The monoisotopic (exact) mass is 568 g/mol. The first kappa shape index (κ1) is 31.6. The van der Waals surface area contributed by atoms with Crippen molar-refractivity contribution >= 4 is 17.8 Å². The van der Waals surface area contributed by atoms with Crippen molar-refractivity contribution in [3.63, 3.8) is 0 Å². The fraction of sp³-hybridized carbons (Fsp3) is 0.478. The van der Waals surface area contributed by atoms with Crippen molar-refractivity contribution in [3.8, 4) is 0 Å². The largest absolute Gasteiger partial charge is 0.490 e. The molecule has 2 aromatic rings. The minimum absolute atomic E-state index is 0.0138. The molecule has 0 unspecified atom stereocenters. The molecule has 3 N–H and O–H groups in total. The molecule has 4 heterocycles. The molecule has 1 amide bonds. The normalized spacial score (nSPS) is 20.6. The van der Waals surface area contributed by atoms with E-state index in [4.69, 9.17) is 24.5 Å². The number of carboxylic acid groups (broad SMARTS) is 2. The number of aromatic nitrogens is 2. The van der Waals surface area contributed by atoms with Gasteiger partial charge in [0.25, 0.3) is 5.91 Å². The lowest BCUT2D eigenvalue weighted by atomic mass is 9.81. The van der Waals surface area contributed by atoms with Gasteiger partial charge < -0.3 is 24.8 Å². The Balaban J connectivity index is 0.000000317. The van der Waals surface area contributed by atoms with Crippen LogP contribution in [0.4, 0.5) is 26.3 Å². The molecule has 2 saturated heterocycles. The van der Waals surface area contributed by atoms with Crippen LogP contribution in [0.5, 0.6) is 0 Å². The molecule has 2 aliphatic rings. The lowest BCUT2D eigenvalue weighted by Crippen LogP contribution is -2.43. The fourth-order valence-corrected chi connectivity index (χ4v) is 4.10. The van der Waals surface area contributed by atoms with Crippen LogP contribution in [0.1, 0.15) is 16.1 Å². The zero-order valence-electron chi connectivity index (χ0n) is 20.5. The molecule has 2 aromatic heterocycles. The van der Waals surface area contributed by atoms with Crippen LogP contribution in [0, 0.1) is 11.3 Å². The summed E-state index contributed by atoms with van der Waals surface area (Å²) in [4.78, 5) is 36.8. The number of carbonyl (C=O) groups excluding carboxylic acids is 1. The van der Waals surface area contributed by atoms with Crippen molar-refractivity contribution < 1.29 is 55.7 Å². The Morgan fingerprint density at radius 2 is 1.64 bits per heavy atom. The second-order valence-corrected chi connectivity index (χ2v) is 8.89. The maximum atomic E-state index is 12.4. The van der Waals surface area contributed by atoms with Gasteiger partial charge in [-0.1, -0.05) is 0 Å². The smallest absolute Gasteiger partial charge is 0.475 e. The Bertz CT molecular complexity index is 1100. The van der Waals surface area contributed by atoms with Gasteiger partial charge in [0.2, 0.25) is 0 Å². The highest BCUT2D eigenvalue weighted by atomic mass is 19.4. The Morgan fingerprint density at radius 3 is 2.13 bits per heavy atom. The molecule has 2 aliphatic heterocycles. The first-order chi connectivity index (χ1) is 18.0. The molecule has 16 heteroatoms. The number of carbonyl (C=O) groups is 3. The molecule has 0 spiro atoms. The Hall–Kier alpha value is -3.66. The van der Waals surface area contributed by atoms with Gasteiger partial charge in [-0.25, -0.2) is 9.59 Å². The standard InChI is InChI=1S/C19H24N4O2.2C2HF3O2/c1-22-8-2-3-17(22)18(24)21-12-19-13-23(10-16(19)11-25-14-19)9-15-4-6-20-7-5-15;2*3-2(4,5)1(6)7/h2-8,16H,9-14H2,1H3,(H,21,24);2*(H,6,7)/t16-,19+;;/m1../s1. The summed E-state index contributed by atoms with van der Waals surface area (Å²) in [5.41, 5.74) is 1.99. The summed E-state index contributed by atoms with van der Waals surface area (Å²) < 4.78 is 71.1. The molecule has 216 valence electrons. The van der Waals surface area contributed by atoms with Gasteiger partial charge in [0.05, 0.1) is 13.2 Å². The molecular weight excluding hydrogens is 542 g/mol. The van der Waals surface area contributed by atoms with E-state index in [1.54, 1.807) is 0 Å². The van der Waals surface area contributed by atoms with Crippen molar-refractivity contribution in [2.24, 2.45) is 18.4 Å². The van der Waals surface area contributed by atoms with Crippen LogP contribution in [0.2, 0.25) is 0 Å². The summed E-state index contributed by atoms with van der Waals surface area (Å²) in [6, 6.07) is 7.86. The zero-order valence-corrected chi connectivity index (χ0v) is 20.5. The number of alkyl halides is 6. The molecule has 4 rings (SSSR count). The van der Waals surface area contributed by atoms with E-state index in [1.807, 2.05) is 42.3 Å². The third kappa shape index (κ3) is 9.24. The number of rotatable bonds is 5. The minimum atomic E-state index is -5.08. The number of aliphatic carboxylic acids is 2. The van der Waals surface area contributed by atoms with Crippen LogP contribution in [0.3, 0.4) is 0 Å². The summed E-state index contributed by atoms with van der Waals surface area (Å²) >= 11 is 0. The van der Waals surface area contributed by atoms with Gasteiger partial charge in [-0.2, -0.15) is 26.3 Å². The third-order valence-electron chi connectivity index (χ3n) is 6.01. The van der Waals surface area contributed by atoms with Crippen molar-refractivity contribution in [2.75, 3.05) is 32.8 Å². The SMILES string of the molecule is Cn1cccc1C(=O)NC[C@]12COC[C@H]1CN(Cc1ccncc1)C2.O=C(O)C(F)(F)F.O=C(O)C(F)(F)F. The first-order valence-electron chi connectivity index (χ1n) is 11.2. The van der Waals surface area contributed by atoms with E-state index in [0.29, 0.717) is 18.2 Å². The molecule has 10 nitrogen and oxygen atoms in total. The maximum absolute atomic E-state index is 12.4. The number of amides is 1. The van der Waals surface area contributed by atoms with E-state index < -0.39 is 24.3 Å². The third-order valence-corrected chi connectivity index (χ3v) is 6.01. The second kappa shape index (κ2) is 12.9. The topological polar surface area (TPSA) is 134 Å². The lowest BCUT2D eigenvalue weighted by Gasteiger charge is -2.27. The van der Waals surface area contributed by atoms with E-state index in [2.05, 4.69) is 27.3 Å². The van der Waals surface area contributed by atoms with Crippen molar-refractivity contribution in [1.82, 2.24) is 19.8 Å². The van der Waals surface area contributed by atoms with Crippen LogP contribution in [-0.2, 0) is 27.9 Å². The summed E-state index contributed by atoms with van der Waals surface area (Å²) in [5.74, 6) is -5.05. The van der Waals surface area contributed by atoms with E-state index in [0.717, 1.165) is 32.8 Å². The summed E-state index contributed by atoms with van der Waals surface area (Å²) in [6.45, 7) is 5.06. The van der Waals surface area contributed by atoms with Crippen molar-refractivity contribution in [3.05, 3.63) is 54.1 Å². The predicted molar refractivity (Wildman–Crippen MR) is 121 cm³/mol. The Kier molecular flexibility index (Phi) is 10.5. The van der Waals surface area contributed by atoms with Crippen LogP contribution in [-0.4, -0.2) is 87.7 Å². The number of nitrogens with one attached hydrogen (secondary N) is 1. The highest BCUT2D eigenvalue weighted by Gasteiger charge is 2.50. The summed E-state index contributed by atoms with van der Waals surface area (Å²) in [5, 5.41) is 17.4. The van der Waals surface area contributed by atoms with Gasteiger partial charge in [-0.05, 0) is 29.8 Å². The minimum Gasteiger partial charge on any atom is -0.475 e. The lowest BCUT2D eigenvalue weighted by molar-refractivity contribution is -0.193. The molecule has 2 atom stereocenters. The maximum Gasteiger partial charge on any atom is 0.490 e. The summed E-state index contributed by atoms with van der Waals surface area (Å²) in [7, 11) is 1.89. The number of likely N-dealkylation sites (tertiary alicyclic amines) is 1.